The van der Waals surface area contributed by atoms with Gasteiger partial charge in [-0.1, -0.05) is 12.1 Å². The number of aryl methyl sites for hydroxylation is 2. The van der Waals surface area contributed by atoms with E-state index in [0.717, 1.165) is 21.8 Å². The van der Waals surface area contributed by atoms with Crippen molar-refractivity contribution < 1.29 is 38.2 Å². The summed E-state index contributed by atoms with van der Waals surface area (Å²) < 4.78 is 16.3. The number of aliphatic carboxylic acids is 1. The zero-order chi connectivity index (χ0) is 25.3. The highest BCUT2D eigenvalue weighted by Crippen LogP contribution is 2.40. The van der Waals surface area contributed by atoms with Gasteiger partial charge in [-0.05, 0) is 43.2 Å². The van der Waals surface area contributed by atoms with Gasteiger partial charge in [0.25, 0.3) is 11.8 Å². The van der Waals surface area contributed by atoms with Crippen LogP contribution in [0.25, 0.3) is 0 Å². The Morgan fingerprint density at radius 2 is 1.97 bits per heavy atom. The first kappa shape index (κ1) is 24.4. The van der Waals surface area contributed by atoms with Crippen LogP contribution in [0.3, 0.4) is 0 Å². The lowest BCUT2D eigenvalue weighted by atomic mass is 10.0. The van der Waals surface area contributed by atoms with Crippen molar-refractivity contribution >= 4 is 35.5 Å². The van der Waals surface area contributed by atoms with Crippen molar-refractivity contribution in [2.75, 3.05) is 12.4 Å². The number of rotatable bonds is 8. The Morgan fingerprint density at radius 1 is 1.20 bits per heavy atom. The maximum Gasteiger partial charge on any atom is 0.352 e. The second-order valence-corrected chi connectivity index (χ2v) is 9.33. The topological polar surface area (TPSA) is 135 Å². The molecular weight excluding hydrogens is 476 g/mol. The van der Waals surface area contributed by atoms with E-state index >= 15 is 0 Å². The van der Waals surface area contributed by atoms with Gasteiger partial charge in [0, 0.05) is 18.2 Å². The molecule has 11 heteroatoms. The van der Waals surface area contributed by atoms with Crippen LogP contribution in [0.5, 0.6) is 5.75 Å². The third-order valence-electron chi connectivity index (χ3n) is 5.59. The highest BCUT2D eigenvalue weighted by atomic mass is 32.2. The van der Waals surface area contributed by atoms with Gasteiger partial charge in [-0.2, -0.15) is 0 Å². The number of carboxylic acids is 1. The second-order valence-electron chi connectivity index (χ2n) is 8.22. The second kappa shape index (κ2) is 9.87. The molecule has 2 aliphatic heterocycles. The predicted octanol–water partition coefficient (Wildman–Crippen LogP) is 2.39. The summed E-state index contributed by atoms with van der Waals surface area (Å²) in [6.07, 6.45) is 0. The van der Waals surface area contributed by atoms with E-state index in [1.165, 1.54) is 24.8 Å². The summed E-state index contributed by atoms with van der Waals surface area (Å²) in [6.45, 7) is 5.03. The highest BCUT2D eigenvalue weighted by Gasteiger charge is 2.54. The lowest BCUT2D eigenvalue weighted by Crippen LogP contribution is -2.70. The molecule has 1 saturated heterocycles. The van der Waals surface area contributed by atoms with E-state index in [4.69, 9.17) is 13.9 Å². The smallest absolute Gasteiger partial charge is 0.352 e. The first-order chi connectivity index (χ1) is 16.7. The van der Waals surface area contributed by atoms with Crippen molar-refractivity contribution in [3.05, 3.63) is 64.2 Å². The molecule has 0 saturated carbocycles. The number of thioether (sulfide) groups is 1. The van der Waals surface area contributed by atoms with Gasteiger partial charge in [0.2, 0.25) is 0 Å². The van der Waals surface area contributed by atoms with E-state index in [-0.39, 0.29) is 30.4 Å². The Kier molecular flexibility index (Phi) is 6.88. The Hall–Kier alpha value is -3.73. The van der Waals surface area contributed by atoms with Crippen molar-refractivity contribution in [2.45, 2.75) is 38.8 Å². The molecule has 2 N–H and O–H groups in total. The van der Waals surface area contributed by atoms with Crippen molar-refractivity contribution in [3.63, 3.8) is 0 Å². The number of fused-ring (bicyclic) bond motifs is 1. The van der Waals surface area contributed by atoms with Gasteiger partial charge in [0.1, 0.15) is 41.8 Å². The molecule has 1 aromatic carbocycles. The predicted molar refractivity (Wildman–Crippen MR) is 125 cm³/mol. The number of carbonyl (C=O) groups excluding carboxylic acids is 3. The van der Waals surface area contributed by atoms with E-state index < -0.39 is 35.2 Å². The van der Waals surface area contributed by atoms with Gasteiger partial charge in [0.15, 0.2) is 5.76 Å². The molecule has 0 radical (unpaired) electrons. The third-order valence-corrected chi connectivity index (χ3v) is 6.92. The maximum absolute atomic E-state index is 12.7. The Balaban J connectivity index is 1.39. The van der Waals surface area contributed by atoms with E-state index in [1.54, 1.807) is 6.07 Å². The van der Waals surface area contributed by atoms with Gasteiger partial charge in [0.05, 0.1) is 0 Å². The van der Waals surface area contributed by atoms with Gasteiger partial charge >= 0.3 is 11.9 Å². The van der Waals surface area contributed by atoms with E-state index in [1.807, 2.05) is 32.0 Å². The summed E-state index contributed by atoms with van der Waals surface area (Å²) >= 11 is 1.28. The number of nitrogens with one attached hydrogen (secondary N) is 1. The van der Waals surface area contributed by atoms with E-state index in [0.29, 0.717) is 11.3 Å². The fourth-order valence-corrected chi connectivity index (χ4v) is 5.11. The zero-order valence-electron chi connectivity index (χ0n) is 19.3. The number of β-lactam (4-membered cyclic amide) rings is 1. The normalized spacial score (nSPS) is 19.1. The van der Waals surface area contributed by atoms with Gasteiger partial charge < -0.3 is 24.3 Å². The van der Waals surface area contributed by atoms with Crippen LogP contribution in [0.1, 0.15) is 34.4 Å². The summed E-state index contributed by atoms with van der Waals surface area (Å²) in [5, 5.41) is 11.7. The van der Waals surface area contributed by atoms with Crippen LogP contribution >= 0.6 is 11.8 Å². The number of nitrogens with zero attached hydrogens (tertiary/aromatic N) is 1. The van der Waals surface area contributed by atoms with Gasteiger partial charge in [-0.3, -0.25) is 19.3 Å². The van der Waals surface area contributed by atoms with Crippen LogP contribution in [-0.2, 0) is 25.7 Å². The number of carbonyl (C=O) groups is 4. The molecule has 35 heavy (non-hydrogen) atoms. The number of ether oxygens (including phenoxy) is 2. The van der Waals surface area contributed by atoms with Gasteiger partial charge in [-0.15, -0.1) is 11.8 Å². The van der Waals surface area contributed by atoms with E-state index in [9.17, 15) is 24.3 Å². The van der Waals surface area contributed by atoms with E-state index in [2.05, 4.69) is 5.32 Å². The molecule has 10 nitrogen and oxygen atoms in total. The number of benzene rings is 1. The Labute approximate surface area is 205 Å². The molecule has 2 aromatic rings. The quantitative estimate of drug-likeness (QED) is 0.414. The summed E-state index contributed by atoms with van der Waals surface area (Å²) in [7, 11) is 0. The average Bonchev–Trinajstić information content (AvgIpc) is 3.30. The fourth-order valence-electron chi connectivity index (χ4n) is 3.78. The molecule has 0 aliphatic carbocycles. The number of hydrogen-bond acceptors (Lipinski definition) is 8. The lowest BCUT2D eigenvalue weighted by molar-refractivity contribution is -0.149. The number of hydrogen-bond donors (Lipinski definition) is 2. The van der Waals surface area contributed by atoms with Crippen LogP contribution in [0, 0.1) is 13.8 Å². The summed E-state index contributed by atoms with van der Waals surface area (Å²) in [6, 6.07) is 8.07. The molecule has 4 rings (SSSR count). The van der Waals surface area contributed by atoms with Crippen molar-refractivity contribution in [3.8, 4) is 5.75 Å². The van der Waals surface area contributed by atoms with Gasteiger partial charge in [-0.25, -0.2) is 4.79 Å². The first-order valence-corrected chi connectivity index (χ1v) is 11.8. The lowest BCUT2D eigenvalue weighted by Gasteiger charge is -2.49. The van der Waals surface area contributed by atoms with Crippen LogP contribution in [-0.4, -0.2) is 57.5 Å². The summed E-state index contributed by atoms with van der Waals surface area (Å²) in [5.41, 5.74) is 2.15. The molecule has 2 aliphatic rings. The Bertz CT molecular complexity index is 1230. The first-order valence-electron chi connectivity index (χ1n) is 10.8. The molecule has 3 heterocycles. The van der Waals surface area contributed by atoms with Crippen molar-refractivity contribution in [1.29, 1.82) is 0 Å². The average molecular weight is 501 g/mol. The number of esters is 1. The molecule has 0 spiro atoms. The largest absolute Gasteiger partial charge is 0.485 e. The number of carboxylic acid groups (broad SMARTS) is 1. The monoisotopic (exact) mass is 500 g/mol. The molecule has 0 bridgehead atoms. The molecule has 184 valence electrons. The van der Waals surface area contributed by atoms with Crippen LogP contribution in [0.2, 0.25) is 0 Å². The minimum absolute atomic E-state index is 0.0150. The van der Waals surface area contributed by atoms with Crippen molar-refractivity contribution in [2.24, 2.45) is 0 Å². The SMILES string of the molecule is CC(=O)OCC1=C(C(=O)O)N2C(=O)[C@H](NC(=O)c3ccc(COc4cc(C)ccc4C)o3)[C@H]2SC1. The number of amides is 2. The Morgan fingerprint density at radius 3 is 2.69 bits per heavy atom. The molecule has 1 aromatic heterocycles. The molecule has 0 unspecified atom stereocenters. The van der Waals surface area contributed by atoms with Crippen LogP contribution < -0.4 is 10.1 Å². The van der Waals surface area contributed by atoms with Crippen molar-refractivity contribution in [1.82, 2.24) is 10.2 Å². The summed E-state index contributed by atoms with van der Waals surface area (Å²) in [4.78, 5) is 49.4. The molecule has 1 fully saturated rings. The summed E-state index contributed by atoms with van der Waals surface area (Å²) in [5.74, 6) is -1.57. The molecular formula is C24H24N2O8S. The maximum atomic E-state index is 12.7. The standard InChI is InChI=1S/C24H24N2O8S/c1-12-4-5-13(2)18(8-12)33-10-16-6-7-17(34-16)21(28)25-19-22(29)26-20(24(30)31)15(9-32-14(3)27)11-35-23(19)26/h4-8,19,23H,9-11H2,1-3H3,(H,25,28)(H,30,31)/t19-,23+/m0/s1. The minimum Gasteiger partial charge on any atom is -0.485 e. The molecule has 2 amide bonds. The molecule has 2 atom stereocenters. The minimum atomic E-state index is -1.30. The van der Waals surface area contributed by atoms with Crippen LogP contribution in [0.4, 0.5) is 0 Å². The zero-order valence-corrected chi connectivity index (χ0v) is 20.1. The number of furan rings is 1. The van der Waals surface area contributed by atoms with Crippen LogP contribution in [0.15, 0.2) is 46.0 Å². The fraction of sp³-hybridized carbons (Fsp3) is 0.333. The highest BCUT2D eigenvalue weighted by molar-refractivity contribution is 8.00. The third kappa shape index (κ3) is 5.04.